The normalized spacial score (nSPS) is 12.4. The minimum Gasteiger partial charge on any atom is -0.351 e. The second-order valence-corrected chi connectivity index (χ2v) is 5.61. The summed E-state index contributed by atoms with van der Waals surface area (Å²) in [5.74, 6) is 0.0517. The van der Waals surface area contributed by atoms with E-state index < -0.39 is 5.51 Å². The standard InChI is InChI=1S/C12H19F3N2S/c1-9(2)16-8-11-4-5-17(10(11)3)6-7-18-12(13,14)15/h4-5,9,16H,6-8H2,1-3H3. The van der Waals surface area contributed by atoms with Gasteiger partial charge in [-0.25, -0.2) is 0 Å². The molecule has 18 heavy (non-hydrogen) atoms. The number of thioether (sulfide) groups is 1. The molecule has 1 aromatic heterocycles. The van der Waals surface area contributed by atoms with Crippen LogP contribution in [0.4, 0.5) is 13.2 Å². The lowest BCUT2D eigenvalue weighted by Gasteiger charge is -2.10. The van der Waals surface area contributed by atoms with Crippen LogP contribution in [-0.4, -0.2) is 21.9 Å². The minimum atomic E-state index is -4.14. The van der Waals surface area contributed by atoms with Gasteiger partial charge in [0, 0.05) is 36.8 Å². The monoisotopic (exact) mass is 280 g/mol. The van der Waals surface area contributed by atoms with Gasteiger partial charge in [0.1, 0.15) is 0 Å². The van der Waals surface area contributed by atoms with E-state index in [1.807, 2.05) is 23.8 Å². The molecule has 0 radical (unpaired) electrons. The first-order valence-corrected chi connectivity index (χ1v) is 6.87. The number of hydrogen-bond donors (Lipinski definition) is 1. The summed E-state index contributed by atoms with van der Waals surface area (Å²) in [6, 6.07) is 2.36. The summed E-state index contributed by atoms with van der Waals surface area (Å²) < 4.78 is 37.9. The Labute approximate surface area is 110 Å². The zero-order valence-electron chi connectivity index (χ0n) is 10.8. The molecule has 0 aliphatic rings. The molecule has 0 aliphatic carbocycles. The lowest BCUT2D eigenvalue weighted by atomic mass is 10.2. The van der Waals surface area contributed by atoms with Gasteiger partial charge in [0.2, 0.25) is 0 Å². The van der Waals surface area contributed by atoms with E-state index in [-0.39, 0.29) is 17.5 Å². The number of alkyl halides is 3. The van der Waals surface area contributed by atoms with E-state index in [2.05, 4.69) is 19.2 Å². The molecule has 6 heteroatoms. The van der Waals surface area contributed by atoms with Gasteiger partial charge in [-0.2, -0.15) is 13.2 Å². The fourth-order valence-electron chi connectivity index (χ4n) is 1.60. The van der Waals surface area contributed by atoms with E-state index in [1.54, 1.807) is 0 Å². The summed E-state index contributed by atoms with van der Waals surface area (Å²) >= 11 is 0.0282. The van der Waals surface area contributed by atoms with Crippen LogP contribution in [0.3, 0.4) is 0 Å². The smallest absolute Gasteiger partial charge is 0.351 e. The molecule has 0 amide bonds. The predicted molar refractivity (Wildman–Crippen MR) is 69.7 cm³/mol. The van der Waals surface area contributed by atoms with Gasteiger partial charge >= 0.3 is 5.51 Å². The Morgan fingerprint density at radius 2 is 2.06 bits per heavy atom. The van der Waals surface area contributed by atoms with Crippen LogP contribution in [0.25, 0.3) is 0 Å². The fourth-order valence-corrected chi connectivity index (χ4v) is 2.12. The van der Waals surface area contributed by atoms with Crippen LogP contribution in [0.1, 0.15) is 25.1 Å². The summed E-state index contributed by atoms with van der Waals surface area (Å²) in [5, 5.41) is 3.30. The number of nitrogens with one attached hydrogen (secondary N) is 1. The molecule has 0 spiro atoms. The van der Waals surface area contributed by atoms with E-state index in [0.29, 0.717) is 12.6 Å². The summed E-state index contributed by atoms with van der Waals surface area (Å²) in [6.45, 7) is 7.20. The molecule has 1 heterocycles. The van der Waals surface area contributed by atoms with Crippen molar-refractivity contribution in [2.45, 2.75) is 45.4 Å². The Morgan fingerprint density at radius 1 is 1.39 bits per heavy atom. The maximum absolute atomic E-state index is 12.0. The highest BCUT2D eigenvalue weighted by Gasteiger charge is 2.27. The number of nitrogens with zero attached hydrogens (tertiary/aromatic N) is 1. The third kappa shape index (κ3) is 5.35. The number of aryl methyl sites for hydroxylation is 1. The van der Waals surface area contributed by atoms with E-state index in [1.165, 1.54) is 0 Å². The molecule has 0 aliphatic heterocycles. The number of rotatable bonds is 6. The molecule has 104 valence electrons. The molecule has 0 unspecified atom stereocenters. The largest absolute Gasteiger partial charge is 0.441 e. The average molecular weight is 280 g/mol. The first-order chi connectivity index (χ1) is 8.29. The first-order valence-electron chi connectivity index (χ1n) is 5.88. The number of hydrogen-bond acceptors (Lipinski definition) is 2. The lowest BCUT2D eigenvalue weighted by molar-refractivity contribution is -0.0328. The van der Waals surface area contributed by atoms with Gasteiger partial charge in [-0.1, -0.05) is 13.8 Å². The second-order valence-electron chi connectivity index (χ2n) is 4.45. The highest BCUT2D eigenvalue weighted by atomic mass is 32.2. The molecule has 0 saturated heterocycles. The second kappa shape index (κ2) is 6.52. The molecule has 0 atom stereocenters. The highest BCUT2D eigenvalue weighted by molar-refractivity contribution is 8.00. The maximum Gasteiger partial charge on any atom is 0.441 e. The first kappa shape index (κ1) is 15.4. The van der Waals surface area contributed by atoms with Crippen LogP contribution in [-0.2, 0) is 13.1 Å². The van der Waals surface area contributed by atoms with Crippen molar-refractivity contribution in [3.05, 3.63) is 23.5 Å². The maximum atomic E-state index is 12.0. The van der Waals surface area contributed by atoms with Crippen LogP contribution >= 0.6 is 11.8 Å². The number of halogens is 3. The molecule has 1 N–H and O–H groups in total. The third-order valence-corrected chi connectivity index (χ3v) is 3.36. The van der Waals surface area contributed by atoms with Gasteiger partial charge in [0.15, 0.2) is 0 Å². The molecule has 2 nitrogen and oxygen atoms in total. The van der Waals surface area contributed by atoms with Crippen molar-refractivity contribution >= 4 is 11.8 Å². The van der Waals surface area contributed by atoms with Gasteiger partial charge in [-0.3, -0.25) is 0 Å². The van der Waals surface area contributed by atoms with Crippen LogP contribution in [0.15, 0.2) is 12.3 Å². The molecular weight excluding hydrogens is 261 g/mol. The van der Waals surface area contributed by atoms with Gasteiger partial charge in [0.25, 0.3) is 0 Å². The SMILES string of the molecule is Cc1c(CNC(C)C)ccn1CCSC(F)(F)F. The molecule has 0 bridgehead atoms. The van der Waals surface area contributed by atoms with E-state index in [0.717, 1.165) is 17.8 Å². The summed E-state index contributed by atoms with van der Waals surface area (Å²) in [6.07, 6.45) is 1.85. The van der Waals surface area contributed by atoms with Crippen LogP contribution in [0.5, 0.6) is 0 Å². The molecule has 0 fully saturated rings. The molecule has 0 saturated carbocycles. The van der Waals surface area contributed by atoms with Crippen molar-refractivity contribution < 1.29 is 13.2 Å². The quantitative estimate of drug-likeness (QED) is 0.858. The van der Waals surface area contributed by atoms with Gasteiger partial charge < -0.3 is 9.88 Å². The minimum absolute atomic E-state index is 0.0282. The van der Waals surface area contributed by atoms with Crippen LogP contribution in [0.2, 0.25) is 0 Å². The Hall–Kier alpha value is -0.620. The zero-order chi connectivity index (χ0) is 13.8. The Morgan fingerprint density at radius 3 is 2.61 bits per heavy atom. The van der Waals surface area contributed by atoms with Crippen molar-refractivity contribution in [2.24, 2.45) is 0 Å². The predicted octanol–water partition coefficient (Wildman–Crippen LogP) is 3.55. The Kier molecular flexibility index (Phi) is 5.59. The lowest BCUT2D eigenvalue weighted by Crippen LogP contribution is -2.22. The van der Waals surface area contributed by atoms with Crippen molar-refractivity contribution in [1.29, 1.82) is 0 Å². The van der Waals surface area contributed by atoms with Crippen molar-refractivity contribution in [3.8, 4) is 0 Å². The van der Waals surface area contributed by atoms with E-state index in [9.17, 15) is 13.2 Å². The topological polar surface area (TPSA) is 17.0 Å². The van der Waals surface area contributed by atoms with E-state index >= 15 is 0 Å². The van der Waals surface area contributed by atoms with Crippen LogP contribution in [0, 0.1) is 6.92 Å². The van der Waals surface area contributed by atoms with E-state index in [4.69, 9.17) is 0 Å². The van der Waals surface area contributed by atoms with Gasteiger partial charge in [-0.15, -0.1) is 0 Å². The summed E-state index contributed by atoms with van der Waals surface area (Å²) in [4.78, 5) is 0. The molecular formula is C12H19F3N2S. The third-order valence-electron chi connectivity index (χ3n) is 2.65. The van der Waals surface area contributed by atoms with Crippen LogP contribution < -0.4 is 5.32 Å². The van der Waals surface area contributed by atoms with Gasteiger partial charge in [-0.05, 0) is 30.3 Å². The van der Waals surface area contributed by atoms with Crippen molar-refractivity contribution in [1.82, 2.24) is 9.88 Å². The van der Waals surface area contributed by atoms with Gasteiger partial charge in [0.05, 0.1) is 0 Å². The van der Waals surface area contributed by atoms with Crippen molar-refractivity contribution in [2.75, 3.05) is 5.75 Å². The molecule has 1 aromatic rings. The number of aromatic nitrogens is 1. The summed E-state index contributed by atoms with van der Waals surface area (Å²) in [5.41, 5.74) is -1.96. The highest BCUT2D eigenvalue weighted by Crippen LogP contribution is 2.30. The van der Waals surface area contributed by atoms with Crippen molar-refractivity contribution in [3.63, 3.8) is 0 Å². The Bertz CT molecular complexity index is 372. The average Bonchev–Trinajstić information content (AvgIpc) is 2.56. The molecule has 0 aromatic carbocycles. The Balaban J connectivity index is 2.48. The molecule has 1 rings (SSSR count). The zero-order valence-corrected chi connectivity index (χ0v) is 11.7. The fraction of sp³-hybridized carbons (Fsp3) is 0.667. The summed E-state index contributed by atoms with van der Waals surface area (Å²) in [7, 11) is 0.